The van der Waals surface area contributed by atoms with E-state index < -0.39 is 0 Å². The Bertz CT molecular complexity index is 2700. The molecule has 0 saturated carbocycles. The molecule has 0 spiro atoms. The smallest absolute Gasteiger partial charge is 0.147 e. The molecule has 0 radical (unpaired) electrons. The van der Waals surface area contributed by atoms with E-state index >= 15 is 0 Å². The number of allylic oxidation sites excluding steroid dienone is 1. The van der Waals surface area contributed by atoms with E-state index in [1.54, 1.807) is 0 Å². The van der Waals surface area contributed by atoms with Crippen molar-refractivity contribution in [2.75, 3.05) is 0 Å². The maximum absolute atomic E-state index is 6.68. The molecule has 7 aromatic carbocycles. The van der Waals surface area contributed by atoms with E-state index in [0.29, 0.717) is 0 Å². The molecular formula is C45H30O2. The quantitative estimate of drug-likeness (QED) is 0.196. The molecule has 2 heteroatoms. The van der Waals surface area contributed by atoms with Gasteiger partial charge in [0.05, 0.1) is 5.56 Å². The van der Waals surface area contributed by atoms with Crippen LogP contribution in [0.25, 0.3) is 100 Å². The average Bonchev–Trinajstić information content (AvgIpc) is 3.68. The molecule has 0 unspecified atom stereocenters. The second-order valence-corrected chi connectivity index (χ2v) is 12.1. The van der Waals surface area contributed by atoms with Crippen LogP contribution in [0, 0.1) is 0 Å². The van der Waals surface area contributed by atoms with Gasteiger partial charge in [-0.1, -0.05) is 116 Å². The van der Waals surface area contributed by atoms with Gasteiger partial charge in [0.15, 0.2) is 0 Å². The first-order valence-electron chi connectivity index (χ1n) is 16.0. The minimum absolute atomic E-state index is 0.835. The van der Waals surface area contributed by atoms with Gasteiger partial charge in [0.1, 0.15) is 22.3 Å². The molecule has 0 fully saturated rings. The van der Waals surface area contributed by atoms with E-state index in [4.69, 9.17) is 8.83 Å². The van der Waals surface area contributed by atoms with E-state index in [1.165, 1.54) is 16.3 Å². The summed E-state index contributed by atoms with van der Waals surface area (Å²) in [5.74, 6) is 0. The zero-order valence-electron chi connectivity index (χ0n) is 26.0. The fourth-order valence-corrected chi connectivity index (χ4v) is 7.00. The van der Waals surface area contributed by atoms with Crippen LogP contribution in [0.2, 0.25) is 0 Å². The van der Waals surface area contributed by atoms with E-state index in [0.717, 1.165) is 82.8 Å². The molecule has 0 atom stereocenters. The van der Waals surface area contributed by atoms with Gasteiger partial charge in [-0.25, -0.2) is 0 Å². The highest BCUT2D eigenvalue weighted by atomic mass is 16.3. The van der Waals surface area contributed by atoms with Crippen LogP contribution in [-0.4, -0.2) is 0 Å². The van der Waals surface area contributed by atoms with Gasteiger partial charge in [-0.3, -0.25) is 0 Å². The molecule has 222 valence electrons. The summed E-state index contributed by atoms with van der Waals surface area (Å²) in [6, 6.07) is 47.4. The van der Waals surface area contributed by atoms with Gasteiger partial charge in [-0.15, -0.1) is 0 Å². The monoisotopic (exact) mass is 602 g/mol. The standard InChI is InChI=1S/C45H30O2/c1-3-10-31-23-33(17-15-28(31)4-2)35-19-21-41-37(25-35)39-27-40-38-26-36(34-18-16-29-11-8-9-14-32(29)24-34)20-22-42(38)47-45(40)43(44(39)46-41)30-12-6-5-7-13-30/h3-27H,2H2,1H3/b10-3-. The van der Waals surface area contributed by atoms with Gasteiger partial charge < -0.3 is 8.83 Å². The number of furan rings is 2. The number of rotatable bonds is 5. The van der Waals surface area contributed by atoms with Gasteiger partial charge in [0, 0.05) is 21.5 Å². The molecular weight excluding hydrogens is 572 g/mol. The summed E-state index contributed by atoms with van der Waals surface area (Å²) in [7, 11) is 0. The normalized spacial score (nSPS) is 11.9. The van der Waals surface area contributed by atoms with Gasteiger partial charge in [-0.05, 0) is 99.1 Å². The van der Waals surface area contributed by atoms with Crippen LogP contribution >= 0.6 is 0 Å². The summed E-state index contributed by atoms with van der Waals surface area (Å²) < 4.78 is 13.4. The molecule has 2 nitrogen and oxygen atoms in total. The fraction of sp³-hybridized carbons (Fsp3) is 0.0222. The lowest BCUT2D eigenvalue weighted by Gasteiger charge is -2.07. The Morgan fingerprint density at radius 1 is 0.468 bits per heavy atom. The maximum Gasteiger partial charge on any atom is 0.147 e. The van der Waals surface area contributed by atoms with Crippen LogP contribution in [0.4, 0.5) is 0 Å². The van der Waals surface area contributed by atoms with E-state index in [1.807, 2.05) is 19.1 Å². The van der Waals surface area contributed by atoms with Gasteiger partial charge in [-0.2, -0.15) is 0 Å². The highest BCUT2D eigenvalue weighted by Gasteiger charge is 2.22. The summed E-state index contributed by atoms with van der Waals surface area (Å²) in [5.41, 5.74) is 12.3. The SMILES string of the molecule is C=Cc1ccc(-c2ccc3oc4c(-c5ccccc5)c5oc6ccc(-c7ccc8ccccc8c7)cc6c5cc4c3c2)cc1/C=C\C. The van der Waals surface area contributed by atoms with Crippen LogP contribution in [-0.2, 0) is 0 Å². The zero-order valence-corrected chi connectivity index (χ0v) is 26.0. The Hall–Kier alpha value is -6.12. The lowest BCUT2D eigenvalue weighted by atomic mass is 9.95. The lowest BCUT2D eigenvalue weighted by molar-refractivity contribution is 0.658. The van der Waals surface area contributed by atoms with Crippen molar-refractivity contribution in [1.82, 2.24) is 0 Å². The summed E-state index contributed by atoms with van der Waals surface area (Å²) >= 11 is 0. The topological polar surface area (TPSA) is 26.3 Å². The molecule has 0 bridgehead atoms. The first-order chi connectivity index (χ1) is 23.2. The molecule has 0 N–H and O–H groups in total. The summed E-state index contributed by atoms with van der Waals surface area (Å²) in [4.78, 5) is 0. The average molecular weight is 603 g/mol. The number of hydrogen-bond donors (Lipinski definition) is 0. The Kier molecular flexibility index (Phi) is 6.22. The van der Waals surface area contributed by atoms with Gasteiger partial charge >= 0.3 is 0 Å². The lowest BCUT2D eigenvalue weighted by Crippen LogP contribution is -1.84. The first-order valence-corrected chi connectivity index (χ1v) is 16.0. The molecule has 0 aliphatic carbocycles. The van der Waals surface area contributed by atoms with Gasteiger partial charge in [0.25, 0.3) is 0 Å². The predicted molar refractivity (Wildman–Crippen MR) is 200 cm³/mol. The van der Waals surface area contributed by atoms with Crippen molar-refractivity contribution in [2.45, 2.75) is 6.92 Å². The number of fused-ring (bicyclic) bond motifs is 7. The highest BCUT2D eigenvalue weighted by Crippen LogP contribution is 2.45. The van der Waals surface area contributed by atoms with E-state index in [-0.39, 0.29) is 0 Å². The van der Waals surface area contributed by atoms with Crippen molar-refractivity contribution >= 4 is 66.8 Å². The minimum Gasteiger partial charge on any atom is -0.455 e. The molecule has 0 aliphatic rings. The van der Waals surface area contributed by atoms with Crippen molar-refractivity contribution in [3.8, 4) is 33.4 Å². The van der Waals surface area contributed by atoms with Crippen LogP contribution in [0.3, 0.4) is 0 Å². The highest BCUT2D eigenvalue weighted by molar-refractivity contribution is 6.22. The van der Waals surface area contributed by atoms with Crippen molar-refractivity contribution in [3.63, 3.8) is 0 Å². The minimum atomic E-state index is 0.835. The number of hydrogen-bond acceptors (Lipinski definition) is 2. The summed E-state index contributed by atoms with van der Waals surface area (Å²) in [6.45, 7) is 6.04. The van der Waals surface area contributed by atoms with E-state index in [2.05, 4.69) is 146 Å². The molecule has 2 heterocycles. The molecule has 9 rings (SSSR count). The fourth-order valence-electron chi connectivity index (χ4n) is 7.00. The first kappa shape index (κ1) is 27.2. The van der Waals surface area contributed by atoms with Crippen LogP contribution in [0.1, 0.15) is 18.1 Å². The largest absolute Gasteiger partial charge is 0.455 e. The van der Waals surface area contributed by atoms with Crippen molar-refractivity contribution in [3.05, 3.63) is 157 Å². The molecule has 0 aliphatic heterocycles. The van der Waals surface area contributed by atoms with Crippen molar-refractivity contribution in [2.24, 2.45) is 0 Å². The third-order valence-corrected chi connectivity index (χ3v) is 9.33. The Balaban J connectivity index is 1.30. The van der Waals surface area contributed by atoms with Crippen LogP contribution in [0.15, 0.2) is 155 Å². The number of benzene rings is 7. The summed E-state index contributed by atoms with van der Waals surface area (Å²) in [6.07, 6.45) is 6.10. The van der Waals surface area contributed by atoms with Crippen molar-refractivity contribution < 1.29 is 8.83 Å². The molecule has 9 aromatic rings. The predicted octanol–water partition coefficient (Wildman–Crippen LogP) is 13.3. The Morgan fingerprint density at radius 2 is 1.04 bits per heavy atom. The Labute approximate surface area is 272 Å². The molecule has 47 heavy (non-hydrogen) atoms. The third-order valence-electron chi connectivity index (χ3n) is 9.33. The molecule has 2 aromatic heterocycles. The van der Waals surface area contributed by atoms with Gasteiger partial charge in [0.2, 0.25) is 0 Å². The summed E-state index contributed by atoms with van der Waals surface area (Å²) in [5, 5.41) is 6.79. The second-order valence-electron chi connectivity index (χ2n) is 12.1. The van der Waals surface area contributed by atoms with Crippen LogP contribution < -0.4 is 0 Å². The van der Waals surface area contributed by atoms with Crippen molar-refractivity contribution in [1.29, 1.82) is 0 Å². The third kappa shape index (κ3) is 4.41. The molecule has 0 saturated heterocycles. The second kappa shape index (κ2) is 10.8. The zero-order chi connectivity index (χ0) is 31.5. The Morgan fingerprint density at radius 3 is 1.70 bits per heavy atom. The van der Waals surface area contributed by atoms with E-state index in [9.17, 15) is 0 Å². The van der Waals surface area contributed by atoms with Crippen LogP contribution in [0.5, 0.6) is 0 Å². The molecule has 0 amide bonds. The maximum atomic E-state index is 6.68.